The molecule has 0 aliphatic rings. The van der Waals surface area contributed by atoms with Gasteiger partial charge in [0.05, 0.1) is 18.8 Å². The van der Waals surface area contributed by atoms with Crippen LogP contribution in [0.5, 0.6) is 0 Å². The normalized spacial score (nSPS) is 12.0. The highest BCUT2D eigenvalue weighted by atomic mass is 19.1. The predicted molar refractivity (Wildman–Crippen MR) is 144 cm³/mol. The summed E-state index contributed by atoms with van der Waals surface area (Å²) in [6.07, 6.45) is 0.508. The first kappa shape index (κ1) is 27.4. The first-order valence-electron chi connectivity index (χ1n) is 12.7. The molecule has 0 aliphatic carbocycles. The molecular weight excluding hydrogens is 453 g/mol. The van der Waals surface area contributed by atoms with E-state index in [2.05, 4.69) is 81.9 Å². The van der Waals surface area contributed by atoms with E-state index in [4.69, 9.17) is 9.84 Å². The molecule has 3 aromatic rings. The molecule has 0 saturated carbocycles. The zero-order valence-electron chi connectivity index (χ0n) is 22.7. The summed E-state index contributed by atoms with van der Waals surface area (Å²) in [5.74, 6) is -0.623. The third-order valence-electron chi connectivity index (χ3n) is 6.13. The van der Waals surface area contributed by atoms with Crippen LogP contribution in [0.4, 0.5) is 10.1 Å². The Morgan fingerprint density at radius 3 is 2.22 bits per heavy atom. The van der Waals surface area contributed by atoms with Crippen molar-refractivity contribution in [3.8, 4) is 0 Å². The van der Waals surface area contributed by atoms with Crippen molar-refractivity contribution >= 4 is 11.7 Å². The number of aromatic nitrogens is 2. The van der Waals surface area contributed by atoms with E-state index >= 15 is 0 Å². The SMILES string of the molecule is CCOC(=O)CCc1ccc(NCc2ccc(Cn3nc(C(C)(C)C)cc3C(C)(C)C)cc2)cc1F. The standard InChI is InChI=1S/C30H40FN3O2/c1-8-36-28(35)16-14-23-13-15-24(17-25(23)31)32-19-21-9-11-22(12-10-21)20-34-27(30(5,6)7)18-26(33-34)29(2,3)4/h9-13,15,17-18,32H,8,14,16,19-20H2,1-7H3. The lowest BCUT2D eigenvalue weighted by Gasteiger charge is -2.20. The van der Waals surface area contributed by atoms with E-state index in [0.717, 1.165) is 17.8 Å². The van der Waals surface area contributed by atoms with Crippen LogP contribution in [0, 0.1) is 5.82 Å². The molecular formula is C30H40FN3O2. The lowest BCUT2D eigenvalue weighted by atomic mass is 9.88. The molecule has 6 heteroatoms. The molecule has 5 nitrogen and oxygen atoms in total. The monoisotopic (exact) mass is 493 g/mol. The maximum atomic E-state index is 14.5. The van der Waals surface area contributed by atoms with Gasteiger partial charge in [-0.05, 0) is 48.2 Å². The highest BCUT2D eigenvalue weighted by molar-refractivity contribution is 5.69. The van der Waals surface area contributed by atoms with E-state index in [9.17, 15) is 9.18 Å². The summed E-state index contributed by atoms with van der Waals surface area (Å²) in [5.41, 5.74) is 5.85. The average molecular weight is 494 g/mol. The second kappa shape index (κ2) is 11.3. The average Bonchev–Trinajstić information content (AvgIpc) is 3.23. The minimum absolute atomic E-state index is 0.000647. The number of carbonyl (C=O) groups is 1. The fourth-order valence-electron chi connectivity index (χ4n) is 3.98. The van der Waals surface area contributed by atoms with Gasteiger partial charge in [-0.3, -0.25) is 9.48 Å². The Labute approximate surface area is 215 Å². The highest BCUT2D eigenvalue weighted by Gasteiger charge is 2.25. The fourth-order valence-corrected chi connectivity index (χ4v) is 3.98. The molecule has 0 unspecified atom stereocenters. The van der Waals surface area contributed by atoms with Crippen LogP contribution in [0.3, 0.4) is 0 Å². The van der Waals surface area contributed by atoms with Gasteiger partial charge in [0.15, 0.2) is 0 Å². The van der Waals surface area contributed by atoms with Crippen molar-refractivity contribution in [3.05, 3.63) is 82.4 Å². The lowest BCUT2D eigenvalue weighted by molar-refractivity contribution is -0.143. The first-order chi connectivity index (χ1) is 16.9. The zero-order chi connectivity index (χ0) is 26.5. The number of nitrogens with zero attached hydrogens (tertiary/aromatic N) is 2. The van der Waals surface area contributed by atoms with Crippen LogP contribution in [0.1, 0.15) is 83.0 Å². The van der Waals surface area contributed by atoms with Crippen molar-refractivity contribution < 1.29 is 13.9 Å². The number of halogens is 1. The van der Waals surface area contributed by atoms with Crippen molar-refractivity contribution in [1.82, 2.24) is 9.78 Å². The van der Waals surface area contributed by atoms with Crippen LogP contribution < -0.4 is 5.32 Å². The van der Waals surface area contributed by atoms with Crippen LogP contribution in [0.25, 0.3) is 0 Å². The first-order valence-corrected chi connectivity index (χ1v) is 12.7. The van der Waals surface area contributed by atoms with Gasteiger partial charge in [-0.25, -0.2) is 4.39 Å². The van der Waals surface area contributed by atoms with E-state index in [1.165, 1.54) is 17.3 Å². The summed E-state index contributed by atoms with van der Waals surface area (Å²) < 4.78 is 21.5. The van der Waals surface area contributed by atoms with Gasteiger partial charge in [-0.1, -0.05) is 71.9 Å². The smallest absolute Gasteiger partial charge is 0.306 e. The van der Waals surface area contributed by atoms with Gasteiger partial charge in [0.1, 0.15) is 5.82 Å². The number of ether oxygens (including phenoxy) is 1. The van der Waals surface area contributed by atoms with E-state index in [1.54, 1.807) is 13.0 Å². The molecule has 3 rings (SSSR count). The molecule has 194 valence electrons. The van der Waals surface area contributed by atoms with E-state index in [1.807, 2.05) is 6.07 Å². The van der Waals surface area contributed by atoms with Crippen LogP contribution >= 0.6 is 0 Å². The van der Waals surface area contributed by atoms with Gasteiger partial charge >= 0.3 is 5.97 Å². The molecule has 36 heavy (non-hydrogen) atoms. The van der Waals surface area contributed by atoms with Crippen LogP contribution in [-0.4, -0.2) is 22.4 Å². The number of anilines is 1. The largest absolute Gasteiger partial charge is 0.466 e. The Kier molecular flexibility index (Phi) is 8.59. The van der Waals surface area contributed by atoms with Crippen molar-refractivity contribution in [2.75, 3.05) is 11.9 Å². The number of rotatable bonds is 9. The van der Waals surface area contributed by atoms with Crippen LogP contribution in [-0.2, 0) is 39.9 Å². The van der Waals surface area contributed by atoms with Gasteiger partial charge in [0, 0.05) is 35.2 Å². The number of nitrogens with one attached hydrogen (secondary N) is 1. The molecule has 0 saturated heterocycles. The molecule has 1 heterocycles. The predicted octanol–water partition coefficient (Wildman–Crippen LogP) is 6.77. The third-order valence-corrected chi connectivity index (χ3v) is 6.13. The summed E-state index contributed by atoms with van der Waals surface area (Å²) in [6.45, 7) is 16.6. The number of aryl methyl sites for hydroxylation is 1. The zero-order valence-corrected chi connectivity index (χ0v) is 22.7. The van der Waals surface area contributed by atoms with Gasteiger partial charge in [0.25, 0.3) is 0 Å². The summed E-state index contributed by atoms with van der Waals surface area (Å²) in [6, 6.07) is 15.7. The Morgan fingerprint density at radius 2 is 1.64 bits per heavy atom. The number of benzene rings is 2. The fraction of sp³-hybridized carbons (Fsp3) is 0.467. The van der Waals surface area contributed by atoms with Crippen molar-refractivity contribution in [1.29, 1.82) is 0 Å². The Morgan fingerprint density at radius 1 is 0.972 bits per heavy atom. The molecule has 0 radical (unpaired) electrons. The van der Waals surface area contributed by atoms with Gasteiger partial charge in [-0.15, -0.1) is 0 Å². The van der Waals surface area contributed by atoms with Crippen molar-refractivity contribution in [2.45, 2.75) is 85.2 Å². The molecule has 0 atom stereocenters. The summed E-state index contributed by atoms with van der Waals surface area (Å²) in [5, 5.41) is 8.22. The van der Waals surface area contributed by atoms with Gasteiger partial charge in [0.2, 0.25) is 0 Å². The Hall–Kier alpha value is -3.15. The number of hydrogen-bond acceptors (Lipinski definition) is 4. The molecule has 0 amide bonds. The topological polar surface area (TPSA) is 56.1 Å². The second-order valence-electron chi connectivity index (χ2n) is 11.4. The minimum atomic E-state index is -0.317. The van der Waals surface area contributed by atoms with Crippen molar-refractivity contribution in [2.24, 2.45) is 0 Å². The van der Waals surface area contributed by atoms with Crippen LogP contribution in [0.2, 0.25) is 0 Å². The highest BCUT2D eigenvalue weighted by Crippen LogP contribution is 2.29. The molecule has 2 aromatic carbocycles. The van der Waals surface area contributed by atoms with Crippen LogP contribution in [0.15, 0.2) is 48.5 Å². The molecule has 0 fully saturated rings. The Bertz CT molecular complexity index is 1170. The maximum Gasteiger partial charge on any atom is 0.306 e. The quantitative estimate of drug-likeness (QED) is 0.334. The molecule has 1 aromatic heterocycles. The summed E-state index contributed by atoms with van der Waals surface area (Å²) in [7, 11) is 0. The lowest BCUT2D eigenvalue weighted by Crippen LogP contribution is -2.19. The molecule has 0 bridgehead atoms. The second-order valence-corrected chi connectivity index (χ2v) is 11.4. The molecule has 1 N–H and O–H groups in total. The number of esters is 1. The summed E-state index contributed by atoms with van der Waals surface area (Å²) >= 11 is 0. The van der Waals surface area contributed by atoms with Crippen molar-refractivity contribution in [3.63, 3.8) is 0 Å². The van der Waals surface area contributed by atoms with Gasteiger partial charge < -0.3 is 10.1 Å². The maximum absolute atomic E-state index is 14.5. The number of carbonyl (C=O) groups excluding carboxylic acids is 1. The van der Waals surface area contributed by atoms with E-state index in [-0.39, 0.29) is 29.0 Å². The van der Waals surface area contributed by atoms with Gasteiger partial charge in [-0.2, -0.15) is 5.10 Å². The minimum Gasteiger partial charge on any atom is -0.466 e. The molecule has 0 spiro atoms. The summed E-state index contributed by atoms with van der Waals surface area (Å²) in [4.78, 5) is 11.5. The van der Waals surface area contributed by atoms with E-state index in [0.29, 0.717) is 30.8 Å². The molecule has 0 aliphatic heterocycles. The number of hydrogen-bond donors (Lipinski definition) is 1. The third kappa shape index (κ3) is 7.42. The van der Waals surface area contributed by atoms with E-state index < -0.39 is 0 Å². The Balaban J connectivity index is 1.62.